The highest BCUT2D eigenvalue weighted by molar-refractivity contribution is 7.10. The van der Waals surface area contributed by atoms with E-state index < -0.39 is 0 Å². The van der Waals surface area contributed by atoms with Crippen molar-refractivity contribution in [2.24, 2.45) is 11.8 Å². The zero-order chi connectivity index (χ0) is 15.0. The second-order valence-electron chi connectivity index (χ2n) is 7.50. The average Bonchev–Trinajstić information content (AvgIpc) is 3.07. The van der Waals surface area contributed by atoms with Crippen molar-refractivity contribution in [1.82, 2.24) is 9.80 Å². The first-order valence-corrected chi connectivity index (χ1v) is 9.49. The minimum absolute atomic E-state index is 0.597. The second kappa shape index (κ2) is 6.39. The van der Waals surface area contributed by atoms with Gasteiger partial charge in [-0.25, -0.2) is 0 Å². The molecular weight excluding hydrogens is 276 g/mol. The molecule has 0 bridgehead atoms. The largest absolute Gasteiger partial charge is 0.298 e. The second-order valence-corrected chi connectivity index (χ2v) is 8.48. The molecule has 1 aromatic heterocycles. The van der Waals surface area contributed by atoms with Gasteiger partial charge in [0.25, 0.3) is 0 Å². The lowest BCUT2D eigenvalue weighted by molar-refractivity contribution is -0.0129. The van der Waals surface area contributed by atoms with Crippen molar-refractivity contribution >= 4 is 11.3 Å². The molecule has 0 N–H and O–H groups in total. The highest BCUT2D eigenvalue weighted by Gasteiger charge is 2.41. The van der Waals surface area contributed by atoms with E-state index in [1.165, 1.54) is 32.5 Å². The van der Waals surface area contributed by atoms with Crippen LogP contribution in [0, 0.1) is 11.8 Å². The van der Waals surface area contributed by atoms with Gasteiger partial charge >= 0.3 is 0 Å². The van der Waals surface area contributed by atoms with Crippen molar-refractivity contribution in [2.75, 3.05) is 19.6 Å². The van der Waals surface area contributed by atoms with Crippen LogP contribution in [0.1, 0.15) is 51.5 Å². The first-order valence-electron chi connectivity index (χ1n) is 8.61. The quantitative estimate of drug-likeness (QED) is 0.820. The lowest BCUT2D eigenvalue weighted by Crippen LogP contribution is -2.59. The summed E-state index contributed by atoms with van der Waals surface area (Å²) in [6.45, 7) is 13.5. The molecule has 21 heavy (non-hydrogen) atoms. The van der Waals surface area contributed by atoms with E-state index in [2.05, 4.69) is 55.0 Å². The SMILES string of the molecule is CC(C)C1CN2CCCC2CN1C(c1cccs1)C(C)C. The van der Waals surface area contributed by atoms with Gasteiger partial charge in [0.15, 0.2) is 0 Å². The molecule has 0 aromatic carbocycles. The summed E-state index contributed by atoms with van der Waals surface area (Å²) in [4.78, 5) is 7.17. The van der Waals surface area contributed by atoms with Gasteiger partial charge in [0.2, 0.25) is 0 Å². The molecule has 2 aliphatic heterocycles. The summed E-state index contributed by atoms with van der Waals surface area (Å²) in [5, 5.41) is 2.24. The Morgan fingerprint density at radius 3 is 2.62 bits per heavy atom. The fourth-order valence-electron chi connectivity index (χ4n) is 4.31. The van der Waals surface area contributed by atoms with Crippen molar-refractivity contribution in [3.63, 3.8) is 0 Å². The van der Waals surface area contributed by atoms with E-state index in [9.17, 15) is 0 Å². The molecule has 0 amide bonds. The molecular formula is C18H30N2S. The first-order chi connectivity index (χ1) is 10.1. The van der Waals surface area contributed by atoms with Gasteiger partial charge in [-0.1, -0.05) is 33.8 Å². The summed E-state index contributed by atoms with van der Waals surface area (Å²) in [5.41, 5.74) is 0. The van der Waals surface area contributed by atoms with Gasteiger partial charge in [-0.3, -0.25) is 9.80 Å². The Morgan fingerprint density at radius 2 is 2.00 bits per heavy atom. The van der Waals surface area contributed by atoms with Gasteiger partial charge in [0.1, 0.15) is 0 Å². The Morgan fingerprint density at radius 1 is 1.19 bits per heavy atom. The number of piperazine rings is 1. The molecule has 118 valence electrons. The normalized spacial score (nSPS) is 29.2. The number of hydrogen-bond donors (Lipinski definition) is 0. The van der Waals surface area contributed by atoms with E-state index in [-0.39, 0.29) is 0 Å². The maximum absolute atomic E-state index is 2.85. The number of rotatable bonds is 4. The van der Waals surface area contributed by atoms with Crippen LogP contribution in [-0.2, 0) is 0 Å². The summed E-state index contributed by atoms with van der Waals surface area (Å²) in [7, 11) is 0. The fourth-order valence-corrected chi connectivity index (χ4v) is 5.33. The van der Waals surface area contributed by atoms with Gasteiger partial charge in [0.05, 0.1) is 0 Å². The van der Waals surface area contributed by atoms with Gasteiger partial charge in [-0.05, 0) is 42.7 Å². The van der Waals surface area contributed by atoms with Crippen LogP contribution in [-0.4, -0.2) is 41.5 Å². The van der Waals surface area contributed by atoms with E-state index in [4.69, 9.17) is 0 Å². The van der Waals surface area contributed by atoms with E-state index >= 15 is 0 Å². The Kier molecular flexibility index (Phi) is 4.72. The number of fused-ring (bicyclic) bond motifs is 1. The fraction of sp³-hybridized carbons (Fsp3) is 0.778. The molecule has 3 heterocycles. The van der Waals surface area contributed by atoms with Crippen molar-refractivity contribution in [2.45, 2.75) is 58.7 Å². The van der Waals surface area contributed by atoms with E-state index in [0.717, 1.165) is 12.0 Å². The lowest BCUT2D eigenvalue weighted by atomic mass is 9.91. The van der Waals surface area contributed by atoms with Crippen LogP contribution < -0.4 is 0 Å². The van der Waals surface area contributed by atoms with Gasteiger partial charge in [-0.2, -0.15) is 0 Å². The summed E-state index contributed by atoms with van der Waals surface area (Å²) < 4.78 is 0. The molecule has 2 saturated heterocycles. The van der Waals surface area contributed by atoms with E-state index in [1.807, 2.05) is 11.3 Å². The molecule has 1 aromatic rings. The number of nitrogens with zero attached hydrogens (tertiary/aromatic N) is 2. The minimum Gasteiger partial charge on any atom is -0.298 e. The topological polar surface area (TPSA) is 6.48 Å². The van der Waals surface area contributed by atoms with Crippen LogP contribution in [0.15, 0.2) is 17.5 Å². The monoisotopic (exact) mass is 306 g/mol. The number of hydrogen-bond acceptors (Lipinski definition) is 3. The predicted molar refractivity (Wildman–Crippen MR) is 91.8 cm³/mol. The summed E-state index contributed by atoms with van der Waals surface area (Å²) >= 11 is 1.94. The minimum atomic E-state index is 0.597. The first kappa shape index (κ1) is 15.5. The standard InChI is InChI=1S/C18H30N2S/c1-13(2)16-12-19-9-5-7-15(19)11-20(16)18(14(3)4)17-8-6-10-21-17/h6,8,10,13-16,18H,5,7,9,11-12H2,1-4H3. The van der Waals surface area contributed by atoms with Crippen LogP contribution in [0.25, 0.3) is 0 Å². The van der Waals surface area contributed by atoms with Crippen LogP contribution in [0.4, 0.5) is 0 Å². The van der Waals surface area contributed by atoms with Crippen molar-refractivity contribution in [1.29, 1.82) is 0 Å². The van der Waals surface area contributed by atoms with Crippen LogP contribution in [0.2, 0.25) is 0 Å². The number of thiophene rings is 1. The van der Waals surface area contributed by atoms with Crippen molar-refractivity contribution < 1.29 is 0 Å². The Balaban J connectivity index is 1.88. The van der Waals surface area contributed by atoms with Crippen molar-refractivity contribution in [3.05, 3.63) is 22.4 Å². The maximum Gasteiger partial charge on any atom is 0.0468 e. The Labute approximate surface area is 134 Å². The summed E-state index contributed by atoms with van der Waals surface area (Å²) in [6, 6.07) is 6.66. The molecule has 0 saturated carbocycles. The maximum atomic E-state index is 2.85. The van der Waals surface area contributed by atoms with Gasteiger partial charge < -0.3 is 0 Å². The molecule has 3 rings (SSSR count). The molecule has 2 fully saturated rings. The molecule has 2 aliphatic rings. The third-order valence-electron chi connectivity index (χ3n) is 5.36. The highest BCUT2D eigenvalue weighted by Crippen LogP contribution is 2.38. The smallest absolute Gasteiger partial charge is 0.0468 e. The third kappa shape index (κ3) is 3.06. The van der Waals surface area contributed by atoms with Crippen LogP contribution in [0.5, 0.6) is 0 Å². The highest BCUT2D eigenvalue weighted by atomic mass is 32.1. The van der Waals surface area contributed by atoms with Crippen LogP contribution in [0.3, 0.4) is 0 Å². The summed E-state index contributed by atoms with van der Waals surface area (Å²) in [5.74, 6) is 1.41. The van der Waals surface area contributed by atoms with Gasteiger partial charge in [-0.15, -0.1) is 11.3 Å². The van der Waals surface area contributed by atoms with Crippen molar-refractivity contribution in [3.8, 4) is 0 Å². The lowest BCUT2D eigenvalue weighted by Gasteiger charge is -2.49. The van der Waals surface area contributed by atoms with Gasteiger partial charge in [0, 0.05) is 36.1 Å². The molecule has 0 spiro atoms. The summed E-state index contributed by atoms with van der Waals surface area (Å²) in [6.07, 6.45) is 2.80. The van der Waals surface area contributed by atoms with E-state index in [1.54, 1.807) is 4.88 Å². The zero-order valence-electron chi connectivity index (χ0n) is 14.0. The Bertz CT molecular complexity index is 440. The molecule has 3 unspecified atom stereocenters. The predicted octanol–water partition coefficient (Wildman–Crippen LogP) is 4.25. The third-order valence-corrected chi connectivity index (χ3v) is 6.30. The molecule has 3 atom stereocenters. The Hall–Kier alpha value is -0.380. The molecule has 0 radical (unpaired) electrons. The van der Waals surface area contributed by atoms with E-state index in [0.29, 0.717) is 18.0 Å². The molecule has 3 heteroatoms. The van der Waals surface area contributed by atoms with Crippen LogP contribution >= 0.6 is 11.3 Å². The molecule has 2 nitrogen and oxygen atoms in total. The zero-order valence-corrected chi connectivity index (χ0v) is 14.8. The average molecular weight is 307 g/mol. The molecule has 0 aliphatic carbocycles.